The lowest BCUT2D eigenvalue weighted by Gasteiger charge is -2.07. The van der Waals surface area contributed by atoms with E-state index in [1.165, 1.54) is 0 Å². The summed E-state index contributed by atoms with van der Waals surface area (Å²) in [6, 6.07) is 2.22. The van der Waals surface area contributed by atoms with Crippen LogP contribution in [0.5, 0.6) is 0 Å². The molecule has 1 aromatic heterocycles. The Morgan fingerprint density at radius 1 is 1.22 bits per heavy atom. The zero-order valence-corrected chi connectivity index (χ0v) is 12.6. The Kier molecular flexibility index (Phi) is 7.44. The number of carbonyl (C=O) groups is 2. The fraction of sp³-hybridized carbons (Fsp3) is 0.500. The zero-order chi connectivity index (χ0) is 17.2. The number of rotatable bonds is 10. The number of hydrogen-bond acceptors (Lipinski definition) is 5. The van der Waals surface area contributed by atoms with E-state index in [2.05, 4.69) is 5.32 Å². The Labute approximate surface area is 132 Å². The molecule has 0 aliphatic carbocycles. The van der Waals surface area contributed by atoms with Gasteiger partial charge in [0.25, 0.3) is 11.2 Å². The van der Waals surface area contributed by atoms with Crippen molar-refractivity contribution in [1.82, 2.24) is 9.88 Å². The molecule has 126 valence electrons. The van der Waals surface area contributed by atoms with E-state index in [0.717, 1.165) is 22.9 Å². The van der Waals surface area contributed by atoms with Crippen LogP contribution in [0.3, 0.4) is 0 Å². The third kappa shape index (κ3) is 7.21. The van der Waals surface area contributed by atoms with Crippen LogP contribution in [0.15, 0.2) is 23.1 Å². The van der Waals surface area contributed by atoms with Crippen molar-refractivity contribution in [2.45, 2.75) is 38.6 Å². The van der Waals surface area contributed by atoms with E-state index >= 15 is 0 Å². The molecule has 0 aliphatic heterocycles. The van der Waals surface area contributed by atoms with Gasteiger partial charge >= 0.3 is 5.97 Å². The molecule has 1 heterocycles. The number of carboxylic acid groups (broad SMARTS) is 1. The summed E-state index contributed by atoms with van der Waals surface area (Å²) in [6.07, 6.45) is 3.21. The summed E-state index contributed by atoms with van der Waals surface area (Å²) in [5.41, 5.74) is -0.611. The molecule has 0 unspecified atom stereocenters. The molecule has 1 amide bonds. The standard InChI is InChI=1S/C14H19N3O6/c18-12(15-8-3-1-2-4-14(20)21)7-9-16-10-11(17(22)23)5-6-13(16)19/h5-6,10H,1-4,7-9H2,(H,15,18)(H,20,21). The number of unbranched alkanes of at least 4 members (excludes halogenated alkanes) is 2. The quantitative estimate of drug-likeness (QED) is 0.373. The second-order valence-corrected chi connectivity index (χ2v) is 4.98. The smallest absolute Gasteiger partial charge is 0.303 e. The number of aryl methyl sites for hydroxylation is 1. The van der Waals surface area contributed by atoms with E-state index in [4.69, 9.17) is 5.11 Å². The molecule has 0 saturated carbocycles. The monoisotopic (exact) mass is 325 g/mol. The summed E-state index contributed by atoms with van der Waals surface area (Å²) in [5, 5.41) is 21.8. The number of nitrogens with one attached hydrogen (secondary N) is 1. The Hall–Kier alpha value is -2.71. The molecular formula is C14H19N3O6. The minimum absolute atomic E-state index is 0.0379. The van der Waals surface area contributed by atoms with Gasteiger partial charge in [-0.15, -0.1) is 0 Å². The summed E-state index contributed by atoms with van der Waals surface area (Å²) in [4.78, 5) is 43.5. The highest BCUT2D eigenvalue weighted by molar-refractivity contribution is 5.75. The molecule has 0 saturated heterocycles. The summed E-state index contributed by atoms with van der Waals surface area (Å²) in [7, 11) is 0. The lowest BCUT2D eigenvalue weighted by atomic mass is 10.2. The molecule has 0 aromatic carbocycles. The molecule has 0 fully saturated rings. The van der Waals surface area contributed by atoms with Crippen LogP contribution in [-0.4, -0.2) is 33.0 Å². The summed E-state index contributed by atoms with van der Waals surface area (Å²) in [6.45, 7) is 0.494. The minimum Gasteiger partial charge on any atom is -0.481 e. The van der Waals surface area contributed by atoms with Crippen LogP contribution >= 0.6 is 0 Å². The van der Waals surface area contributed by atoms with Gasteiger partial charge in [0.1, 0.15) is 0 Å². The van der Waals surface area contributed by atoms with Crippen LogP contribution in [-0.2, 0) is 16.1 Å². The predicted octanol–water partition coefficient (Wildman–Crippen LogP) is 0.908. The van der Waals surface area contributed by atoms with E-state index in [0.29, 0.717) is 25.8 Å². The molecule has 9 nitrogen and oxygen atoms in total. The average Bonchev–Trinajstić information content (AvgIpc) is 2.49. The van der Waals surface area contributed by atoms with Gasteiger partial charge in [-0.25, -0.2) is 0 Å². The molecule has 23 heavy (non-hydrogen) atoms. The number of carboxylic acids is 1. The molecule has 1 rings (SSSR count). The van der Waals surface area contributed by atoms with Gasteiger partial charge in [0.2, 0.25) is 5.91 Å². The van der Waals surface area contributed by atoms with Gasteiger partial charge in [-0.2, -0.15) is 0 Å². The lowest BCUT2D eigenvalue weighted by molar-refractivity contribution is -0.385. The Bertz CT molecular complexity index is 625. The van der Waals surface area contributed by atoms with Gasteiger partial charge in [-0.1, -0.05) is 6.42 Å². The normalized spacial score (nSPS) is 10.3. The molecule has 1 aromatic rings. The Morgan fingerprint density at radius 2 is 1.96 bits per heavy atom. The number of pyridine rings is 1. The van der Waals surface area contributed by atoms with Gasteiger partial charge < -0.3 is 15.0 Å². The molecular weight excluding hydrogens is 306 g/mol. The highest BCUT2D eigenvalue weighted by Gasteiger charge is 2.09. The first-order valence-electron chi connectivity index (χ1n) is 7.23. The third-order valence-corrected chi connectivity index (χ3v) is 3.15. The Morgan fingerprint density at radius 3 is 2.61 bits per heavy atom. The SMILES string of the molecule is O=C(O)CCCCCNC(=O)CCn1cc([N+](=O)[O-])ccc1=O. The van der Waals surface area contributed by atoms with E-state index in [1.807, 2.05) is 0 Å². The largest absolute Gasteiger partial charge is 0.481 e. The van der Waals surface area contributed by atoms with Crippen LogP contribution in [0.2, 0.25) is 0 Å². The van der Waals surface area contributed by atoms with E-state index in [1.54, 1.807) is 0 Å². The summed E-state index contributed by atoms with van der Waals surface area (Å²) < 4.78 is 1.13. The van der Waals surface area contributed by atoms with Gasteiger partial charge in [-0.3, -0.25) is 24.5 Å². The van der Waals surface area contributed by atoms with E-state index in [9.17, 15) is 24.5 Å². The highest BCUT2D eigenvalue weighted by Crippen LogP contribution is 2.06. The van der Waals surface area contributed by atoms with Crippen LogP contribution in [0, 0.1) is 10.1 Å². The van der Waals surface area contributed by atoms with Crippen molar-refractivity contribution >= 4 is 17.6 Å². The number of carbonyl (C=O) groups excluding carboxylic acids is 1. The molecule has 0 aliphatic rings. The summed E-state index contributed by atoms with van der Waals surface area (Å²) in [5.74, 6) is -1.10. The first kappa shape index (κ1) is 18.3. The topological polar surface area (TPSA) is 132 Å². The van der Waals surface area contributed by atoms with Gasteiger partial charge in [0.15, 0.2) is 0 Å². The van der Waals surface area contributed by atoms with Crippen molar-refractivity contribution in [3.05, 3.63) is 38.8 Å². The number of hydrogen-bond donors (Lipinski definition) is 2. The maximum Gasteiger partial charge on any atom is 0.303 e. The van der Waals surface area contributed by atoms with Crippen LogP contribution in [0.1, 0.15) is 32.1 Å². The molecule has 0 atom stereocenters. The molecule has 2 N–H and O–H groups in total. The maximum atomic E-state index is 11.6. The minimum atomic E-state index is -0.837. The van der Waals surface area contributed by atoms with Crippen LogP contribution in [0.4, 0.5) is 5.69 Å². The number of aliphatic carboxylic acids is 1. The molecule has 0 radical (unpaired) electrons. The van der Waals surface area contributed by atoms with Crippen molar-refractivity contribution in [3.63, 3.8) is 0 Å². The van der Waals surface area contributed by atoms with Crippen molar-refractivity contribution in [2.24, 2.45) is 0 Å². The molecule has 9 heteroatoms. The second kappa shape index (κ2) is 9.34. The van der Waals surface area contributed by atoms with Gasteiger partial charge in [0.05, 0.1) is 11.1 Å². The highest BCUT2D eigenvalue weighted by atomic mass is 16.6. The van der Waals surface area contributed by atoms with Crippen molar-refractivity contribution in [1.29, 1.82) is 0 Å². The van der Waals surface area contributed by atoms with Gasteiger partial charge in [-0.05, 0) is 12.8 Å². The van der Waals surface area contributed by atoms with Gasteiger partial charge in [0, 0.05) is 38.1 Å². The number of nitrogens with zero attached hydrogens (tertiary/aromatic N) is 2. The van der Waals surface area contributed by atoms with E-state index in [-0.39, 0.29) is 31.0 Å². The number of aromatic nitrogens is 1. The summed E-state index contributed by atoms with van der Waals surface area (Å²) >= 11 is 0. The average molecular weight is 325 g/mol. The maximum absolute atomic E-state index is 11.6. The predicted molar refractivity (Wildman–Crippen MR) is 81.1 cm³/mol. The van der Waals surface area contributed by atoms with Crippen LogP contribution in [0.25, 0.3) is 0 Å². The van der Waals surface area contributed by atoms with Crippen LogP contribution < -0.4 is 10.9 Å². The number of nitro groups is 1. The van der Waals surface area contributed by atoms with E-state index < -0.39 is 16.5 Å². The lowest BCUT2D eigenvalue weighted by Crippen LogP contribution is -2.27. The number of amides is 1. The zero-order valence-electron chi connectivity index (χ0n) is 12.6. The molecule has 0 spiro atoms. The van der Waals surface area contributed by atoms with Crippen molar-refractivity contribution in [2.75, 3.05) is 6.54 Å². The molecule has 0 bridgehead atoms. The third-order valence-electron chi connectivity index (χ3n) is 3.15. The Balaban J connectivity index is 2.31. The second-order valence-electron chi connectivity index (χ2n) is 4.98. The first-order chi connectivity index (χ1) is 10.9. The van der Waals surface area contributed by atoms with Crippen molar-refractivity contribution < 1.29 is 19.6 Å². The fourth-order valence-electron chi connectivity index (χ4n) is 1.92. The van der Waals surface area contributed by atoms with Crippen molar-refractivity contribution in [3.8, 4) is 0 Å². The first-order valence-corrected chi connectivity index (χ1v) is 7.23. The fourth-order valence-corrected chi connectivity index (χ4v) is 1.92.